The first-order valence-corrected chi connectivity index (χ1v) is 11.8. The molecule has 0 amide bonds. The quantitative estimate of drug-likeness (QED) is 0.277. The van der Waals surface area contributed by atoms with Gasteiger partial charge in [-0.2, -0.15) is 0 Å². The van der Waals surface area contributed by atoms with Crippen LogP contribution in [-0.2, 0) is 4.79 Å². The molecule has 0 radical (unpaired) electrons. The lowest BCUT2D eigenvalue weighted by atomic mass is 9.78. The van der Waals surface area contributed by atoms with Crippen molar-refractivity contribution < 1.29 is 4.79 Å². The van der Waals surface area contributed by atoms with Crippen LogP contribution in [0.4, 0.5) is 0 Å². The fraction of sp³-hybridized carbons (Fsp3) is 0.0606. The molecule has 4 aromatic rings. The smallest absolute Gasteiger partial charge is 0.172 e. The van der Waals surface area contributed by atoms with Gasteiger partial charge in [-0.05, 0) is 50.1 Å². The SMILES string of the molecule is O=C1C2=C(c3ccc(cc3)/C=C/c3ccc2cc3)C2c3ccc(cc3)/C=C/c3ccc(cc3)C12. The van der Waals surface area contributed by atoms with Gasteiger partial charge in [0.25, 0.3) is 0 Å². The molecule has 1 heteroatoms. The Hall–Kier alpha value is -4.23. The summed E-state index contributed by atoms with van der Waals surface area (Å²) < 4.78 is 0. The molecule has 13 rings (SSSR count). The predicted molar refractivity (Wildman–Crippen MR) is 141 cm³/mol. The Labute approximate surface area is 199 Å². The van der Waals surface area contributed by atoms with Gasteiger partial charge < -0.3 is 0 Å². The van der Waals surface area contributed by atoms with Crippen LogP contribution in [0.25, 0.3) is 35.5 Å². The summed E-state index contributed by atoms with van der Waals surface area (Å²) in [5.74, 6) is -0.0976. The first-order chi connectivity index (χ1) is 16.7. The highest BCUT2D eigenvalue weighted by molar-refractivity contribution is 6.35. The van der Waals surface area contributed by atoms with Crippen LogP contribution in [0.2, 0.25) is 0 Å². The van der Waals surface area contributed by atoms with E-state index < -0.39 is 0 Å². The summed E-state index contributed by atoms with van der Waals surface area (Å²) in [5, 5.41) is 0. The molecule has 34 heavy (non-hydrogen) atoms. The van der Waals surface area contributed by atoms with Crippen LogP contribution in [0, 0.1) is 0 Å². The number of benzene rings is 4. The zero-order chi connectivity index (χ0) is 22.6. The van der Waals surface area contributed by atoms with Crippen LogP contribution < -0.4 is 0 Å². The van der Waals surface area contributed by atoms with Crippen molar-refractivity contribution in [1.82, 2.24) is 0 Å². The molecule has 0 saturated carbocycles. The second-order valence-corrected chi connectivity index (χ2v) is 9.35. The Morgan fingerprint density at radius 3 is 1.26 bits per heavy atom. The van der Waals surface area contributed by atoms with E-state index in [-0.39, 0.29) is 17.6 Å². The van der Waals surface area contributed by atoms with E-state index in [2.05, 4.69) is 121 Å². The molecule has 2 atom stereocenters. The second-order valence-electron chi connectivity index (χ2n) is 9.35. The highest BCUT2D eigenvalue weighted by Crippen LogP contribution is 2.54. The molecule has 0 heterocycles. The predicted octanol–water partition coefficient (Wildman–Crippen LogP) is 7.72. The molecule has 9 aliphatic rings. The number of allylic oxidation sites excluding steroid dienone is 2. The van der Waals surface area contributed by atoms with Crippen molar-refractivity contribution in [2.45, 2.75) is 11.8 Å². The van der Waals surface area contributed by atoms with Gasteiger partial charge >= 0.3 is 0 Å². The summed E-state index contributed by atoms with van der Waals surface area (Å²) in [6.07, 6.45) is 8.53. The summed E-state index contributed by atoms with van der Waals surface area (Å²) >= 11 is 0. The van der Waals surface area contributed by atoms with Gasteiger partial charge in [0.15, 0.2) is 5.78 Å². The van der Waals surface area contributed by atoms with Crippen molar-refractivity contribution in [2.24, 2.45) is 0 Å². The largest absolute Gasteiger partial charge is 0.293 e. The van der Waals surface area contributed by atoms with Crippen molar-refractivity contribution in [1.29, 1.82) is 0 Å². The number of Topliss-reactive ketones (excluding diaryl/α,β-unsaturated/α-hetero) is 1. The summed E-state index contributed by atoms with van der Waals surface area (Å²) in [6, 6.07) is 34.3. The third kappa shape index (κ3) is 2.98. The molecule has 0 N–H and O–H groups in total. The Morgan fingerprint density at radius 2 is 0.794 bits per heavy atom. The molecule has 1 nitrogen and oxygen atoms in total. The number of carbonyl (C=O) groups is 1. The van der Waals surface area contributed by atoms with Gasteiger partial charge in [0.1, 0.15) is 0 Å². The number of rotatable bonds is 0. The van der Waals surface area contributed by atoms with Crippen LogP contribution >= 0.6 is 0 Å². The van der Waals surface area contributed by atoms with E-state index in [1.165, 1.54) is 5.56 Å². The molecule has 160 valence electrons. The maximum absolute atomic E-state index is 14.3. The van der Waals surface area contributed by atoms with E-state index in [0.717, 1.165) is 50.1 Å². The minimum absolute atomic E-state index is 0.0465. The average molecular weight is 435 g/mol. The fourth-order valence-electron chi connectivity index (χ4n) is 5.63. The molecule has 0 saturated heterocycles. The summed E-state index contributed by atoms with van der Waals surface area (Å²) in [5.41, 5.74) is 10.9. The maximum atomic E-state index is 14.3. The van der Waals surface area contributed by atoms with E-state index in [4.69, 9.17) is 0 Å². The zero-order valence-electron chi connectivity index (χ0n) is 18.6. The van der Waals surface area contributed by atoms with Gasteiger partial charge in [0, 0.05) is 11.5 Å². The molecule has 2 unspecified atom stereocenters. The van der Waals surface area contributed by atoms with Gasteiger partial charge in [-0.1, -0.05) is 121 Å². The molecule has 0 aromatic heterocycles. The molecular weight excluding hydrogens is 412 g/mol. The molecule has 0 spiro atoms. The first kappa shape index (κ1) is 19.3. The van der Waals surface area contributed by atoms with Crippen molar-refractivity contribution in [2.75, 3.05) is 0 Å². The number of hydrogen-bond acceptors (Lipinski definition) is 1. The third-order valence-electron chi connectivity index (χ3n) is 7.39. The summed E-state index contributed by atoms with van der Waals surface area (Å²) in [6.45, 7) is 0. The van der Waals surface area contributed by atoms with E-state index in [1.807, 2.05) is 0 Å². The molecule has 8 bridgehead atoms. The second kappa shape index (κ2) is 7.40. The van der Waals surface area contributed by atoms with E-state index >= 15 is 0 Å². The molecule has 9 aliphatic carbocycles. The van der Waals surface area contributed by atoms with Crippen molar-refractivity contribution in [3.05, 3.63) is 142 Å². The molecule has 0 aliphatic heterocycles. The maximum Gasteiger partial charge on any atom is 0.172 e. The Morgan fingerprint density at radius 1 is 0.412 bits per heavy atom. The summed E-state index contributed by atoms with van der Waals surface area (Å²) in [4.78, 5) is 14.3. The standard InChI is InChI=1S/C33H22O/c34-33-31-27-17-9-23(10-18-27)3-1-21-5-13-25(14-6-21)29(31)30-26-15-7-22(8-16-26)2-4-24-11-19-28(20-12-24)32(30)33/h1-20,29,31H/b3-1+,4-2+,22-2?,24-4?,30-26?,32-28?. The zero-order valence-corrected chi connectivity index (χ0v) is 18.6. The molecular formula is C33H22O. The van der Waals surface area contributed by atoms with Crippen molar-refractivity contribution >= 4 is 41.2 Å². The Bertz CT molecular complexity index is 1510. The van der Waals surface area contributed by atoms with E-state index in [1.54, 1.807) is 0 Å². The minimum atomic E-state index is -0.254. The Balaban J connectivity index is 1.55. The van der Waals surface area contributed by atoms with Crippen LogP contribution in [0.15, 0.2) is 97.1 Å². The summed E-state index contributed by atoms with van der Waals surface area (Å²) in [7, 11) is 0. The number of carbonyl (C=O) groups excluding carboxylic acids is 1. The lowest BCUT2D eigenvalue weighted by Crippen LogP contribution is -2.15. The van der Waals surface area contributed by atoms with Crippen molar-refractivity contribution in [3.8, 4) is 0 Å². The highest BCUT2D eigenvalue weighted by Gasteiger charge is 2.44. The lowest BCUT2D eigenvalue weighted by Gasteiger charge is -2.24. The average Bonchev–Trinajstić information content (AvgIpc) is 3.17. The first-order valence-electron chi connectivity index (χ1n) is 11.8. The van der Waals surface area contributed by atoms with Gasteiger partial charge in [0.05, 0.1) is 5.92 Å². The lowest BCUT2D eigenvalue weighted by molar-refractivity contribution is -0.114. The van der Waals surface area contributed by atoms with Gasteiger partial charge in [-0.3, -0.25) is 4.79 Å². The van der Waals surface area contributed by atoms with E-state index in [0.29, 0.717) is 0 Å². The third-order valence-corrected chi connectivity index (χ3v) is 7.39. The van der Waals surface area contributed by atoms with Gasteiger partial charge in [-0.25, -0.2) is 0 Å². The number of ketones is 1. The molecule has 0 fully saturated rings. The Kier molecular flexibility index (Phi) is 4.19. The van der Waals surface area contributed by atoms with Crippen LogP contribution in [0.5, 0.6) is 0 Å². The van der Waals surface area contributed by atoms with Crippen LogP contribution in [0.1, 0.15) is 56.3 Å². The van der Waals surface area contributed by atoms with Gasteiger partial charge in [0.2, 0.25) is 0 Å². The van der Waals surface area contributed by atoms with Crippen LogP contribution in [0.3, 0.4) is 0 Å². The topological polar surface area (TPSA) is 17.1 Å². The van der Waals surface area contributed by atoms with Crippen molar-refractivity contribution in [3.63, 3.8) is 0 Å². The monoisotopic (exact) mass is 434 g/mol. The van der Waals surface area contributed by atoms with Gasteiger partial charge in [-0.15, -0.1) is 0 Å². The van der Waals surface area contributed by atoms with Crippen LogP contribution in [-0.4, -0.2) is 5.78 Å². The molecule has 4 aromatic carbocycles. The minimum Gasteiger partial charge on any atom is -0.293 e. The highest BCUT2D eigenvalue weighted by atomic mass is 16.1. The number of hydrogen-bond donors (Lipinski definition) is 0. The fourth-order valence-corrected chi connectivity index (χ4v) is 5.63. The normalized spacial score (nSPS) is 21.4. The van der Waals surface area contributed by atoms with E-state index in [9.17, 15) is 4.79 Å².